The number of carbonyl (C=O) groups excluding carboxylic acids is 4. The van der Waals surface area contributed by atoms with Gasteiger partial charge in [0.15, 0.2) is 0 Å². The third kappa shape index (κ3) is 4.20. The molecule has 7 nitrogen and oxygen atoms in total. The maximum Gasteiger partial charge on any atom is 0.348 e. The number of imide groups is 1. The van der Waals surface area contributed by atoms with Crippen molar-refractivity contribution >= 4 is 51.2 Å². The summed E-state index contributed by atoms with van der Waals surface area (Å²) in [6.07, 6.45) is 0.429. The standard InChI is InChI=1S/C22H20B2ClF2N3O4/c23-29(21(34)22(26,27)14-2-4-15(25)5-3-14)10-12-1-6-16-13(9-12)11-28(19(16)32)17-7-8-18(31)30(24)20(17)33/h1-6,9,17H,7-8,10-11,23-24H2. The Labute approximate surface area is 201 Å². The lowest BCUT2D eigenvalue weighted by molar-refractivity contribution is -0.154. The van der Waals surface area contributed by atoms with Gasteiger partial charge in [0.05, 0.1) is 0 Å². The summed E-state index contributed by atoms with van der Waals surface area (Å²) in [7, 11) is 2.68. The van der Waals surface area contributed by atoms with Crippen molar-refractivity contribution in [2.24, 2.45) is 0 Å². The van der Waals surface area contributed by atoms with E-state index in [-0.39, 0.29) is 42.8 Å². The first-order valence-corrected chi connectivity index (χ1v) is 11.0. The summed E-state index contributed by atoms with van der Waals surface area (Å²) in [5, 5.41) is 0.287. The first kappa shape index (κ1) is 23.9. The highest BCUT2D eigenvalue weighted by molar-refractivity contribution is 6.30. The van der Waals surface area contributed by atoms with Crippen molar-refractivity contribution in [3.05, 3.63) is 69.7 Å². The molecule has 2 aliphatic heterocycles. The van der Waals surface area contributed by atoms with E-state index in [1.807, 2.05) is 0 Å². The van der Waals surface area contributed by atoms with Gasteiger partial charge in [0.25, 0.3) is 11.8 Å². The number of benzene rings is 2. The minimum absolute atomic E-state index is 0.0942. The number of halogens is 3. The Hall–Kier alpha value is -3.20. The molecule has 1 saturated heterocycles. The van der Waals surface area contributed by atoms with E-state index in [0.29, 0.717) is 16.7 Å². The molecule has 0 spiro atoms. The van der Waals surface area contributed by atoms with Crippen LogP contribution in [-0.2, 0) is 33.4 Å². The summed E-state index contributed by atoms with van der Waals surface area (Å²) in [6.45, 7) is 0.0715. The van der Waals surface area contributed by atoms with Gasteiger partial charge >= 0.3 is 5.92 Å². The van der Waals surface area contributed by atoms with Gasteiger partial charge in [0.2, 0.25) is 27.8 Å². The third-order valence-corrected chi connectivity index (χ3v) is 6.49. The molecule has 174 valence electrons. The minimum atomic E-state index is -3.73. The summed E-state index contributed by atoms with van der Waals surface area (Å²) < 4.78 is 29.4. The van der Waals surface area contributed by atoms with Crippen molar-refractivity contribution in [3.8, 4) is 0 Å². The van der Waals surface area contributed by atoms with Crippen LogP contribution < -0.4 is 0 Å². The summed E-state index contributed by atoms with van der Waals surface area (Å²) in [5.41, 5.74) is 1.17. The molecule has 0 saturated carbocycles. The normalized spacial score (nSPS) is 18.3. The molecule has 0 bridgehead atoms. The summed E-state index contributed by atoms with van der Waals surface area (Å²) in [6, 6.07) is 8.95. The summed E-state index contributed by atoms with van der Waals surface area (Å²) in [5.74, 6) is -6.12. The van der Waals surface area contributed by atoms with Crippen LogP contribution in [-0.4, -0.2) is 60.2 Å². The molecule has 0 aliphatic carbocycles. The monoisotopic (exact) mass is 485 g/mol. The molecule has 4 rings (SSSR count). The SMILES string of the molecule is BN(Cc1ccc2c(c1)CN(C1CCC(=O)N(B)C1=O)C2=O)C(=O)C(F)(F)c1ccc(Cl)cc1. The molecule has 1 fully saturated rings. The second kappa shape index (κ2) is 8.87. The van der Waals surface area contributed by atoms with Crippen molar-refractivity contribution in [2.45, 2.75) is 37.9 Å². The van der Waals surface area contributed by atoms with E-state index in [4.69, 9.17) is 11.6 Å². The molecule has 0 aromatic heterocycles. The van der Waals surface area contributed by atoms with Crippen molar-refractivity contribution < 1.29 is 28.0 Å². The second-order valence-electron chi connectivity index (χ2n) is 8.51. The maximum atomic E-state index is 14.7. The zero-order valence-corrected chi connectivity index (χ0v) is 19.3. The van der Waals surface area contributed by atoms with E-state index < -0.39 is 29.3 Å². The fourth-order valence-electron chi connectivity index (χ4n) is 4.30. The van der Waals surface area contributed by atoms with Gasteiger partial charge in [-0.15, -0.1) is 0 Å². The topological polar surface area (TPSA) is 78.0 Å². The first-order chi connectivity index (χ1) is 16.0. The molecular weight excluding hydrogens is 465 g/mol. The van der Waals surface area contributed by atoms with Gasteiger partial charge in [-0.3, -0.25) is 19.2 Å². The Morgan fingerprint density at radius 3 is 2.50 bits per heavy atom. The lowest BCUT2D eigenvalue weighted by Gasteiger charge is -2.34. The van der Waals surface area contributed by atoms with Crippen LogP contribution in [0.25, 0.3) is 0 Å². The second-order valence-corrected chi connectivity index (χ2v) is 8.95. The number of hydrogen-bond acceptors (Lipinski definition) is 4. The lowest BCUT2D eigenvalue weighted by atomic mass is 9.99. The number of fused-ring (bicyclic) bond motifs is 1. The average molecular weight is 485 g/mol. The quantitative estimate of drug-likeness (QED) is 0.468. The zero-order chi connectivity index (χ0) is 24.8. The van der Waals surface area contributed by atoms with Crippen LogP contribution in [0.2, 0.25) is 5.02 Å². The number of nitrogens with zero attached hydrogens (tertiary/aromatic N) is 3. The molecule has 1 atom stereocenters. The maximum absolute atomic E-state index is 14.7. The van der Waals surface area contributed by atoms with Gasteiger partial charge in [-0.25, -0.2) is 0 Å². The molecule has 2 aromatic rings. The fourth-order valence-corrected chi connectivity index (χ4v) is 4.43. The van der Waals surface area contributed by atoms with Gasteiger partial charge in [-0.05, 0) is 35.7 Å². The lowest BCUT2D eigenvalue weighted by Crippen LogP contribution is -2.53. The van der Waals surface area contributed by atoms with Gasteiger partial charge in [0.1, 0.15) is 6.04 Å². The summed E-state index contributed by atoms with van der Waals surface area (Å²) in [4.78, 5) is 53.1. The van der Waals surface area contributed by atoms with Gasteiger partial charge in [0, 0.05) is 35.7 Å². The Kier molecular flexibility index (Phi) is 6.24. The van der Waals surface area contributed by atoms with Crippen LogP contribution >= 0.6 is 11.6 Å². The van der Waals surface area contributed by atoms with E-state index in [1.54, 1.807) is 18.2 Å². The molecule has 0 radical (unpaired) electrons. The largest absolute Gasteiger partial charge is 0.384 e. The number of rotatable bonds is 5. The zero-order valence-electron chi connectivity index (χ0n) is 18.6. The van der Waals surface area contributed by atoms with Crippen LogP contribution in [0.3, 0.4) is 0 Å². The predicted molar refractivity (Wildman–Crippen MR) is 124 cm³/mol. The number of amides is 4. The van der Waals surface area contributed by atoms with E-state index in [1.165, 1.54) is 33.0 Å². The Bertz CT molecular complexity index is 1200. The number of carbonyl (C=O) groups is 4. The molecule has 2 heterocycles. The number of hydrogen-bond donors (Lipinski definition) is 0. The number of alkyl halides is 2. The Morgan fingerprint density at radius 1 is 1.15 bits per heavy atom. The van der Waals surface area contributed by atoms with Crippen LogP contribution in [0.15, 0.2) is 42.5 Å². The highest BCUT2D eigenvalue weighted by Crippen LogP contribution is 2.32. The van der Waals surface area contributed by atoms with Crippen molar-refractivity contribution in [3.63, 3.8) is 0 Å². The molecule has 34 heavy (non-hydrogen) atoms. The van der Waals surface area contributed by atoms with Crippen LogP contribution in [0.4, 0.5) is 8.78 Å². The van der Waals surface area contributed by atoms with Crippen molar-refractivity contribution in [1.29, 1.82) is 0 Å². The molecule has 0 N–H and O–H groups in total. The highest BCUT2D eigenvalue weighted by atomic mass is 35.5. The molecule has 2 aliphatic rings. The third-order valence-electron chi connectivity index (χ3n) is 6.24. The average Bonchev–Trinajstić information content (AvgIpc) is 3.12. The van der Waals surface area contributed by atoms with Gasteiger partial charge in [-0.2, -0.15) is 8.78 Å². The van der Waals surface area contributed by atoms with E-state index in [2.05, 4.69) is 0 Å². The molecule has 4 amide bonds. The first-order valence-electron chi connectivity index (χ1n) is 10.6. The van der Waals surface area contributed by atoms with Crippen molar-refractivity contribution in [1.82, 2.24) is 14.5 Å². The molecule has 1 unspecified atom stereocenters. The highest BCUT2D eigenvalue weighted by Gasteiger charge is 2.43. The van der Waals surface area contributed by atoms with Gasteiger partial charge in [-0.1, -0.05) is 35.9 Å². The summed E-state index contributed by atoms with van der Waals surface area (Å²) >= 11 is 5.75. The van der Waals surface area contributed by atoms with Crippen molar-refractivity contribution in [2.75, 3.05) is 0 Å². The molecule has 2 aromatic carbocycles. The smallest absolute Gasteiger partial charge is 0.348 e. The van der Waals surface area contributed by atoms with Crippen LogP contribution in [0.5, 0.6) is 0 Å². The van der Waals surface area contributed by atoms with Gasteiger partial charge < -0.3 is 14.5 Å². The van der Waals surface area contributed by atoms with E-state index >= 15 is 0 Å². The fraction of sp³-hybridized carbons (Fsp3) is 0.273. The minimum Gasteiger partial charge on any atom is -0.384 e. The number of piperidine rings is 1. The molecule has 12 heteroatoms. The predicted octanol–water partition coefficient (Wildman–Crippen LogP) is 1.03. The van der Waals surface area contributed by atoms with Crippen LogP contribution in [0.1, 0.15) is 39.9 Å². The van der Waals surface area contributed by atoms with E-state index in [9.17, 15) is 28.0 Å². The Balaban J connectivity index is 1.48. The molecular formula is C22H20B2ClF2N3O4. The van der Waals surface area contributed by atoms with Crippen LogP contribution in [0, 0.1) is 0 Å². The Morgan fingerprint density at radius 2 is 1.82 bits per heavy atom. The van der Waals surface area contributed by atoms with E-state index in [0.717, 1.165) is 21.8 Å².